The van der Waals surface area contributed by atoms with Gasteiger partial charge in [-0.1, -0.05) is 11.8 Å². The molecule has 0 saturated heterocycles. The fourth-order valence-corrected chi connectivity index (χ4v) is 1.37. The number of aromatic nitrogens is 4. The van der Waals surface area contributed by atoms with Crippen LogP contribution in [0.5, 0.6) is 0 Å². The normalized spacial score (nSPS) is 10.6. The Bertz CT molecular complexity index is 408. The Morgan fingerprint density at radius 3 is 2.85 bits per heavy atom. The molecule has 0 aliphatic rings. The van der Waals surface area contributed by atoms with E-state index in [-0.39, 0.29) is 0 Å². The molecule has 0 radical (unpaired) electrons. The molecular weight excluding hydrogens is 188 g/mol. The lowest BCUT2D eigenvalue weighted by Gasteiger charge is -1.92. The second-order valence-electron chi connectivity index (χ2n) is 2.45. The first-order valence-electron chi connectivity index (χ1n) is 3.68. The largest absolute Gasteiger partial charge is 0.446 e. The number of tetrazole rings is 1. The van der Waals surface area contributed by atoms with Crippen molar-refractivity contribution in [2.75, 3.05) is 6.26 Å². The van der Waals surface area contributed by atoms with Crippen molar-refractivity contribution >= 4 is 11.8 Å². The van der Waals surface area contributed by atoms with Crippen molar-refractivity contribution in [1.29, 1.82) is 0 Å². The number of hydrogen-bond acceptors (Lipinski definition) is 5. The maximum Gasteiger partial charge on any atom is 0.217 e. The quantitative estimate of drug-likeness (QED) is 0.675. The highest BCUT2D eigenvalue weighted by Crippen LogP contribution is 2.23. The Morgan fingerprint density at radius 1 is 1.46 bits per heavy atom. The van der Waals surface area contributed by atoms with Gasteiger partial charge in [-0.25, -0.2) is 4.68 Å². The van der Waals surface area contributed by atoms with Crippen LogP contribution in [0.3, 0.4) is 0 Å². The zero-order valence-electron chi connectivity index (χ0n) is 7.26. The zero-order valence-corrected chi connectivity index (χ0v) is 8.08. The second-order valence-corrected chi connectivity index (χ2v) is 3.26. The summed E-state index contributed by atoms with van der Waals surface area (Å²) in [6.45, 7) is 0. The van der Waals surface area contributed by atoms with Crippen LogP contribution < -0.4 is 0 Å². The number of rotatable bonds is 2. The van der Waals surface area contributed by atoms with E-state index in [1.165, 1.54) is 0 Å². The van der Waals surface area contributed by atoms with E-state index in [9.17, 15) is 0 Å². The van der Waals surface area contributed by atoms with E-state index < -0.39 is 0 Å². The molecule has 0 N–H and O–H groups in total. The predicted molar refractivity (Wildman–Crippen MR) is 48.3 cm³/mol. The van der Waals surface area contributed by atoms with Gasteiger partial charge in [-0.2, -0.15) is 0 Å². The molecule has 68 valence electrons. The summed E-state index contributed by atoms with van der Waals surface area (Å²) in [5.74, 6) is 1.33. The van der Waals surface area contributed by atoms with Crippen LogP contribution in [-0.4, -0.2) is 26.5 Å². The molecule has 0 spiro atoms. The molecule has 2 rings (SSSR count). The van der Waals surface area contributed by atoms with Crippen molar-refractivity contribution in [3.63, 3.8) is 0 Å². The maximum absolute atomic E-state index is 5.46. The van der Waals surface area contributed by atoms with E-state index in [4.69, 9.17) is 4.42 Å². The van der Waals surface area contributed by atoms with E-state index in [0.29, 0.717) is 11.6 Å². The average Bonchev–Trinajstić information content (AvgIpc) is 2.71. The van der Waals surface area contributed by atoms with Crippen molar-refractivity contribution in [1.82, 2.24) is 20.2 Å². The third-order valence-corrected chi connectivity index (χ3v) is 2.24. The summed E-state index contributed by atoms with van der Waals surface area (Å²) < 4.78 is 7.03. The minimum atomic E-state index is 0.639. The predicted octanol–water partition coefficient (Wildman–Crippen LogP) is 1.19. The lowest BCUT2D eigenvalue weighted by molar-refractivity contribution is 0.482. The molecule has 0 unspecified atom stereocenters. The molecule has 0 atom stereocenters. The number of nitrogens with zero attached hydrogens (tertiary/aromatic N) is 4. The summed E-state index contributed by atoms with van der Waals surface area (Å²) in [5.41, 5.74) is 0. The summed E-state index contributed by atoms with van der Waals surface area (Å²) in [7, 11) is 1.77. The van der Waals surface area contributed by atoms with Crippen molar-refractivity contribution in [2.24, 2.45) is 7.05 Å². The molecule has 5 nitrogen and oxygen atoms in total. The minimum Gasteiger partial charge on any atom is -0.446 e. The standard InChI is InChI=1S/C7H8N4OS/c1-11-7(8-9-10-11)5-3-4-6(12-5)13-2/h3-4H,1-2H3. The first kappa shape index (κ1) is 8.31. The van der Waals surface area contributed by atoms with Crippen LogP contribution in [0.15, 0.2) is 21.6 Å². The lowest BCUT2D eigenvalue weighted by Crippen LogP contribution is -1.93. The van der Waals surface area contributed by atoms with E-state index in [0.717, 1.165) is 5.09 Å². The fraction of sp³-hybridized carbons (Fsp3) is 0.286. The van der Waals surface area contributed by atoms with Crippen molar-refractivity contribution in [2.45, 2.75) is 5.09 Å². The highest BCUT2D eigenvalue weighted by atomic mass is 32.2. The topological polar surface area (TPSA) is 56.7 Å². The monoisotopic (exact) mass is 196 g/mol. The van der Waals surface area contributed by atoms with Gasteiger partial charge < -0.3 is 4.42 Å². The number of hydrogen-bond donors (Lipinski definition) is 0. The van der Waals surface area contributed by atoms with Gasteiger partial charge in [-0.3, -0.25) is 0 Å². The van der Waals surface area contributed by atoms with Gasteiger partial charge >= 0.3 is 0 Å². The smallest absolute Gasteiger partial charge is 0.217 e. The molecule has 0 amide bonds. The molecule has 13 heavy (non-hydrogen) atoms. The van der Waals surface area contributed by atoms with Gasteiger partial charge in [0, 0.05) is 7.05 Å². The molecule has 2 aromatic heterocycles. The van der Waals surface area contributed by atoms with Gasteiger partial charge in [-0.15, -0.1) is 5.10 Å². The Hall–Kier alpha value is -1.30. The first-order valence-corrected chi connectivity index (χ1v) is 4.90. The van der Waals surface area contributed by atoms with Crippen molar-refractivity contribution in [3.05, 3.63) is 12.1 Å². The lowest BCUT2D eigenvalue weighted by atomic mass is 10.4. The van der Waals surface area contributed by atoms with Crippen molar-refractivity contribution < 1.29 is 4.42 Å². The van der Waals surface area contributed by atoms with Crippen LogP contribution in [0, 0.1) is 0 Å². The van der Waals surface area contributed by atoms with Crippen LogP contribution in [-0.2, 0) is 7.05 Å². The summed E-state index contributed by atoms with van der Waals surface area (Å²) in [4.78, 5) is 0. The van der Waals surface area contributed by atoms with Crippen molar-refractivity contribution in [3.8, 4) is 11.6 Å². The highest BCUT2D eigenvalue weighted by Gasteiger charge is 2.09. The SMILES string of the molecule is CSc1ccc(-c2nnnn2C)o1. The van der Waals surface area contributed by atoms with Crippen LogP contribution in [0.4, 0.5) is 0 Å². The van der Waals surface area contributed by atoms with Crippen LogP contribution in [0.25, 0.3) is 11.6 Å². The van der Waals surface area contributed by atoms with Gasteiger partial charge in [-0.05, 0) is 28.8 Å². The third-order valence-electron chi connectivity index (χ3n) is 1.62. The second kappa shape index (κ2) is 3.21. The number of thioether (sulfide) groups is 1. The summed E-state index contributed by atoms with van der Waals surface area (Å²) in [6, 6.07) is 3.76. The van der Waals surface area contributed by atoms with Crippen LogP contribution in [0.1, 0.15) is 0 Å². The van der Waals surface area contributed by atoms with E-state index >= 15 is 0 Å². The first-order chi connectivity index (χ1) is 6.31. The number of aryl methyl sites for hydroxylation is 1. The molecule has 2 heterocycles. The molecule has 2 aromatic rings. The third kappa shape index (κ3) is 1.44. The molecule has 0 aliphatic carbocycles. The maximum atomic E-state index is 5.46. The molecule has 0 saturated carbocycles. The van der Waals surface area contributed by atoms with Gasteiger partial charge in [0.2, 0.25) is 5.82 Å². The Labute approximate surface area is 79.1 Å². The molecular formula is C7H8N4OS. The molecule has 0 bridgehead atoms. The summed E-state index contributed by atoms with van der Waals surface area (Å²) in [5, 5.41) is 11.9. The summed E-state index contributed by atoms with van der Waals surface area (Å²) in [6.07, 6.45) is 1.96. The Kier molecular flexibility index (Phi) is 2.05. The van der Waals surface area contributed by atoms with Gasteiger partial charge in [0.25, 0.3) is 0 Å². The van der Waals surface area contributed by atoms with Crippen LogP contribution >= 0.6 is 11.8 Å². The van der Waals surface area contributed by atoms with E-state index in [1.807, 2.05) is 18.4 Å². The zero-order chi connectivity index (χ0) is 9.26. The van der Waals surface area contributed by atoms with Crippen LogP contribution in [0.2, 0.25) is 0 Å². The molecule has 6 heteroatoms. The number of furan rings is 1. The molecule has 0 aliphatic heterocycles. The molecule has 0 aromatic carbocycles. The van der Waals surface area contributed by atoms with E-state index in [2.05, 4.69) is 15.5 Å². The summed E-state index contributed by atoms with van der Waals surface area (Å²) >= 11 is 1.55. The minimum absolute atomic E-state index is 0.639. The van der Waals surface area contributed by atoms with E-state index in [1.54, 1.807) is 23.5 Å². The van der Waals surface area contributed by atoms with Gasteiger partial charge in [0.05, 0.1) is 0 Å². The molecule has 0 fully saturated rings. The van der Waals surface area contributed by atoms with Gasteiger partial charge in [0.15, 0.2) is 10.9 Å². The van der Waals surface area contributed by atoms with Gasteiger partial charge in [0.1, 0.15) is 0 Å². The Morgan fingerprint density at radius 2 is 2.31 bits per heavy atom. The average molecular weight is 196 g/mol. The Balaban J connectivity index is 2.41. The highest BCUT2D eigenvalue weighted by molar-refractivity contribution is 7.98. The fourth-order valence-electron chi connectivity index (χ4n) is 0.988.